The highest BCUT2D eigenvalue weighted by Gasteiger charge is 2.19. The van der Waals surface area contributed by atoms with Crippen LogP contribution in [0.3, 0.4) is 0 Å². The van der Waals surface area contributed by atoms with Crippen molar-refractivity contribution in [2.24, 2.45) is 11.7 Å². The number of H-pyrrole nitrogens is 1. The van der Waals surface area contributed by atoms with Gasteiger partial charge in [-0.05, 0) is 49.8 Å². The van der Waals surface area contributed by atoms with Crippen molar-refractivity contribution in [1.82, 2.24) is 10.2 Å². The molecule has 7 heteroatoms. The summed E-state index contributed by atoms with van der Waals surface area (Å²) in [6.45, 7) is 0.612. The normalized spacial score (nSPS) is 21.7. The molecule has 0 saturated heterocycles. The Labute approximate surface area is 132 Å². The summed E-state index contributed by atoms with van der Waals surface area (Å²) in [5.74, 6) is 0.698. The average Bonchev–Trinajstić information content (AvgIpc) is 2.95. The molecule has 3 rings (SSSR count). The van der Waals surface area contributed by atoms with E-state index >= 15 is 0 Å². The lowest BCUT2D eigenvalue weighted by Crippen LogP contribution is -2.28. The second-order valence-electron chi connectivity index (χ2n) is 5.66. The van der Waals surface area contributed by atoms with E-state index < -0.39 is 5.76 Å². The number of hydrogen-bond acceptors (Lipinski definition) is 5. The van der Waals surface area contributed by atoms with Crippen molar-refractivity contribution in [3.05, 3.63) is 33.8 Å². The molecule has 22 heavy (non-hydrogen) atoms. The molecule has 1 heterocycles. The fourth-order valence-corrected chi connectivity index (χ4v) is 2.83. The van der Waals surface area contributed by atoms with E-state index in [9.17, 15) is 4.79 Å². The summed E-state index contributed by atoms with van der Waals surface area (Å²) in [7, 11) is 0. The molecule has 1 aliphatic rings. The molecule has 0 spiro atoms. The zero-order valence-electron chi connectivity index (χ0n) is 12.0. The van der Waals surface area contributed by atoms with Gasteiger partial charge >= 0.3 is 5.76 Å². The first-order valence-corrected chi connectivity index (χ1v) is 7.73. The van der Waals surface area contributed by atoms with Crippen LogP contribution in [0, 0.1) is 5.92 Å². The van der Waals surface area contributed by atoms with Gasteiger partial charge in [0.1, 0.15) is 5.75 Å². The minimum atomic E-state index is -0.592. The van der Waals surface area contributed by atoms with Gasteiger partial charge in [-0.1, -0.05) is 11.6 Å². The zero-order valence-corrected chi connectivity index (χ0v) is 12.8. The van der Waals surface area contributed by atoms with Gasteiger partial charge in [0.2, 0.25) is 5.89 Å². The first-order chi connectivity index (χ1) is 10.6. The number of ether oxygens (including phenoxy) is 1. The Hall–Kier alpha value is -1.79. The molecule has 0 bridgehead atoms. The molecule has 3 N–H and O–H groups in total. The first kappa shape index (κ1) is 15.1. The number of aromatic nitrogens is 2. The second-order valence-corrected chi connectivity index (χ2v) is 6.06. The van der Waals surface area contributed by atoms with Crippen molar-refractivity contribution >= 4 is 11.6 Å². The summed E-state index contributed by atoms with van der Waals surface area (Å²) < 4.78 is 10.8. The smallest absolute Gasteiger partial charge is 0.434 e. The number of hydrogen-bond donors (Lipinski definition) is 2. The van der Waals surface area contributed by atoms with Crippen molar-refractivity contribution in [2.45, 2.75) is 31.7 Å². The van der Waals surface area contributed by atoms with E-state index in [2.05, 4.69) is 10.2 Å². The third-order valence-corrected chi connectivity index (χ3v) is 4.29. The Kier molecular flexibility index (Phi) is 4.49. The topological polar surface area (TPSA) is 94.1 Å². The van der Waals surface area contributed by atoms with Crippen LogP contribution in [0.2, 0.25) is 5.02 Å². The van der Waals surface area contributed by atoms with Crippen LogP contribution in [0.15, 0.2) is 27.4 Å². The lowest BCUT2D eigenvalue weighted by Gasteiger charge is -2.26. The SMILES string of the molecule is N[C@H]1CC[C@H](COc2cc(-c3n[nH]c(=O)o3)ccc2Cl)CC1. The number of rotatable bonds is 4. The number of aromatic amines is 1. The summed E-state index contributed by atoms with van der Waals surface area (Å²) in [6.07, 6.45) is 4.24. The molecule has 6 nitrogen and oxygen atoms in total. The van der Waals surface area contributed by atoms with Crippen molar-refractivity contribution < 1.29 is 9.15 Å². The number of benzene rings is 1. The van der Waals surface area contributed by atoms with Gasteiger partial charge in [0.25, 0.3) is 0 Å². The third-order valence-electron chi connectivity index (χ3n) is 3.98. The van der Waals surface area contributed by atoms with E-state index in [1.165, 1.54) is 0 Å². The molecule has 0 atom stereocenters. The van der Waals surface area contributed by atoms with E-state index in [0.29, 0.717) is 34.9 Å². The molecule has 2 aromatic rings. The Morgan fingerprint density at radius 2 is 2.14 bits per heavy atom. The quantitative estimate of drug-likeness (QED) is 0.901. The maximum Gasteiger partial charge on any atom is 0.434 e. The Morgan fingerprint density at radius 1 is 1.36 bits per heavy atom. The maximum atomic E-state index is 11.0. The minimum absolute atomic E-state index is 0.218. The van der Waals surface area contributed by atoms with Crippen LogP contribution < -0.4 is 16.2 Å². The van der Waals surface area contributed by atoms with Crippen LogP contribution in [0.5, 0.6) is 5.75 Å². The minimum Gasteiger partial charge on any atom is -0.492 e. The molecule has 0 aliphatic heterocycles. The molecule has 0 radical (unpaired) electrons. The zero-order chi connectivity index (χ0) is 15.5. The average molecular weight is 324 g/mol. The van der Waals surface area contributed by atoms with Crippen LogP contribution in [-0.4, -0.2) is 22.8 Å². The van der Waals surface area contributed by atoms with Gasteiger partial charge in [-0.25, -0.2) is 9.89 Å². The van der Waals surface area contributed by atoms with Gasteiger partial charge < -0.3 is 14.9 Å². The van der Waals surface area contributed by atoms with E-state index in [-0.39, 0.29) is 5.89 Å². The number of nitrogens with two attached hydrogens (primary N) is 1. The van der Waals surface area contributed by atoms with Crippen molar-refractivity contribution in [1.29, 1.82) is 0 Å². The van der Waals surface area contributed by atoms with Crippen LogP contribution in [0.4, 0.5) is 0 Å². The first-order valence-electron chi connectivity index (χ1n) is 7.35. The lowest BCUT2D eigenvalue weighted by atomic mass is 9.87. The van der Waals surface area contributed by atoms with E-state index in [1.807, 2.05) is 0 Å². The monoisotopic (exact) mass is 323 g/mol. The molecular weight excluding hydrogens is 306 g/mol. The Morgan fingerprint density at radius 3 is 2.82 bits per heavy atom. The van der Waals surface area contributed by atoms with E-state index in [0.717, 1.165) is 25.7 Å². The lowest BCUT2D eigenvalue weighted by molar-refractivity contribution is 0.200. The standard InChI is InChI=1S/C15H18ClN3O3/c16-12-6-3-10(14-18-19-15(20)22-14)7-13(12)21-8-9-1-4-11(17)5-2-9/h3,6-7,9,11H,1-2,4-5,8,17H2,(H,19,20)/t9-,11-. The highest BCUT2D eigenvalue weighted by molar-refractivity contribution is 6.32. The van der Waals surface area contributed by atoms with Gasteiger partial charge in [0.15, 0.2) is 0 Å². The summed E-state index contributed by atoms with van der Waals surface area (Å²) >= 11 is 6.16. The second kappa shape index (κ2) is 6.54. The van der Waals surface area contributed by atoms with Crippen LogP contribution in [0.1, 0.15) is 25.7 Å². The summed E-state index contributed by atoms with van der Waals surface area (Å²) in [5.41, 5.74) is 6.55. The van der Waals surface area contributed by atoms with Gasteiger partial charge in [0.05, 0.1) is 11.6 Å². The fraction of sp³-hybridized carbons (Fsp3) is 0.467. The molecule has 1 fully saturated rings. The summed E-state index contributed by atoms with van der Waals surface area (Å²) in [4.78, 5) is 11.0. The van der Waals surface area contributed by atoms with Crippen LogP contribution in [-0.2, 0) is 0 Å². The largest absolute Gasteiger partial charge is 0.492 e. The maximum absolute atomic E-state index is 11.0. The highest BCUT2D eigenvalue weighted by Crippen LogP contribution is 2.31. The van der Waals surface area contributed by atoms with Crippen molar-refractivity contribution in [3.63, 3.8) is 0 Å². The molecular formula is C15H18ClN3O3. The molecule has 1 aromatic heterocycles. The van der Waals surface area contributed by atoms with Gasteiger partial charge in [-0.2, -0.15) is 0 Å². The Balaban J connectivity index is 1.69. The van der Waals surface area contributed by atoms with Gasteiger partial charge in [-0.15, -0.1) is 5.10 Å². The third kappa shape index (κ3) is 3.51. The fourth-order valence-electron chi connectivity index (χ4n) is 2.66. The van der Waals surface area contributed by atoms with Gasteiger partial charge in [0, 0.05) is 11.6 Å². The number of nitrogens with one attached hydrogen (secondary N) is 1. The molecule has 0 amide bonds. The van der Waals surface area contributed by atoms with Crippen molar-refractivity contribution in [2.75, 3.05) is 6.61 Å². The molecule has 1 saturated carbocycles. The van der Waals surface area contributed by atoms with Gasteiger partial charge in [-0.3, -0.25) is 0 Å². The van der Waals surface area contributed by atoms with Crippen LogP contribution >= 0.6 is 11.6 Å². The van der Waals surface area contributed by atoms with E-state index in [1.54, 1.807) is 18.2 Å². The summed E-state index contributed by atoms with van der Waals surface area (Å²) in [6, 6.07) is 5.49. The Bertz CT molecular complexity index is 689. The van der Waals surface area contributed by atoms with Crippen molar-refractivity contribution in [3.8, 4) is 17.2 Å². The number of halogens is 1. The molecule has 1 aromatic carbocycles. The molecule has 0 unspecified atom stereocenters. The molecule has 1 aliphatic carbocycles. The predicted octanol–water partition coefficient (Wildman–Crippen LogP) is 2.58. The predicted molar refractivity (Wildman–Crippen MR) is 83.0 cm³/mol. The van der Waals surface area contributed by atoms with E-state index in [4.69, 9.17) is 26.5 Å². The van der Waals surface area contributed by atoms with Crippen LogP contribution in [0.25, 0.3) is 11.5 Å². The number of nitrogens with zero attached hydrogens (tertiary/aromatic N) is 1. The summed E-state index contributed by atoms with van der Waals surface area (Å²) in [5, 5.41) is 6.55. The highest BCUT2D eigenvalue weighted by atomic mass is 35.5. The molecule has 118 valence electrons.